The van der Waals surface area contributed by atoms with E-state index in [4.69, 9.17) is 5.73 Å². The molecule has 1 aliphatic rings. The standard InChI is InChI=1S/C13H15N3/c1-10-8-15-16(9-10)12-4-2-3-11(7-12)13(14)5-6-13/h2-4,7-9H,5-6,14H2,1H3. The first-order valence-electron chi connectivity index (χ1n) is 5.58. The Kier molecular flexibility index (Phi) is 1.91. The third kappa shape index (κ3) is 1.53. The van der Waals surface area contributed by atoms with Gasteiger partial charge in [0, 0.05) is 11.7 Å². The fourth-order valence-electron chi connectivity index (χ4n) is 1.94. The van der Waals surface area contributed by atoms with E-state index in [1.165, 1.54) is 11.1 Å². The molecular weight excluding hydrogens is 198 g/mol. The van der Waals surface area contributed by atoms with Crippen LogP contribution in [0.4, 0.5) is 0 Å². The molecule has 0 radical (unpaired) electrons. The number of hydrogen-bond acceptors (Lipinski definition) is 2. The SMILES string of the molecule is Cc1cnn(-c2cccc(C3(N)CC3)c2)c1. The Labute approximate surface area is 94.9 Å². The molecule has 0 unspecified atom stereocenters. The summed E-state index contributed by atoms with van der Waals surface area (Å²) in [5.41, 5.74) is 9.59. The molecule has 1 aromatic carbocycles. The van der Waals surface area contributed by atoms with Crippen LogP contribution in [0.3, 0.4) is 0 Å². The van der Waals surface area contributed by atoms with Crippen LogP contribution in [0.1, 0.15) is 24.0 Å². The number of hydrogen-bond donors (Lipinski definition) is 1. The Hall–Kier alpha value is -1.61. The van der Waals surface area contributed by atoms with Crippen LogP contribution in [0, 0.1) is 6.92 Å². The number of aryl methyl sites for hydroxylation is 1. The van der Waals surface area contributed by atoms with Gasteiger partial charge in [0.05, 0.1) is 11.9 Å². The van der Waals surface area contributed by atoms with Gasteiger partial charge in [-0.15, -0.1) is 0 Å². The molecule has 2 N–H and O–H groups in total. The average Bonchev–Trinajstić information content (AvgIpc) is 2.89. The van der Waals surface area contributed by atoms with Crippen molar-refractivity contribution < 1.29 is 0 Å². The van der Waals surface area contributed by atoms with Crippen LogP contribution >= 0.6 is 0 Å². The van der Waals surface area contributed by atoms with Gasteiger partial charge in [-0.25, -0.2) is 4.68 Å². The number of aromatic nitrogens is 2. The van der Waals surface area contributed by atoms with Crippen LogP contribution in [0.25, 0.3) is 5.69 Å². The summed E-state index contributed by atoms with van der Waals surface area (Å²) in [7, 11) is 0. The summed E-state index contributed by atoms with van der Waals surface area (Å²) in [6, 6.07) is 8.35. The van der Waals surface area contributed by atoms with Crippen LogP contribution in [0.2, 0.25) is 0 Å². The zero-order chi connectivity index (χ0) is 11.2. The third-order valence-electron chi connectivity index (χ3n) is 3.19. The molecule has 0 saturated heterocycles. The second-order valence-corrected chi connectivity index (χ2v) is 4.67. The fourth-order valence-corrected chi connectivity index (χ4v) is 1.94. The van der Waals surface area contributed by atoms with E-state index in [2.05, 4.69) is 29.4 Å². The van der Waals surface area contributed by atoms with Crippen molar-refractivity contribution in [2.75, 3.05) is 0 Å². The second kappa shape index (κ2) is 3.19. The molecule has 16 heavy (non-hydrogen) atoms. The average molecular weight is 213 g/mol. The Bertz CT molecular complexity index is 523. The highest BCUT2D eigenvalue weighted by Crippen LogP contribution is 2.42. The van der Waals surface area contributed by atoms with Crippen molar-refractivity contribution in [1.82, 2.24) is 9.78 Å². The number of nitrogens with two attached hydrogens (primary N) is 1. The lowest BCUT2D eigenvalue weighted by Gasteiger charge is -2.10. The monoisotopic (exact) mass is 213 g/mol. The predicted octanol–water partition coefficient (Wildman–Crippen LogP) is 2.13. The molecular formula is C13H15N3. The smallest absolute Gasteiger partial charge is 0.0649 e. The largest absolute Gasteiger partial charge is 0.321 e. The van der Waals surface area contributed by atoms with Crippen molar-refractivity contribution >= 4 is 0 Å². The quantitative estimate of drug-likeness (QED) is 0.830. The van der Waals surface area contributed by atoms with Gasteiger partial charge in [-0.05, 0) is 43.0 Å². The lowest BCUT2D eigenvalue weighted by atomic mass is 10.1. The van der Waals surface area contributed by atoms with Gasteiger partial charge in [0.2, 0.25) is 0 Å². The fraction of sp³-hybridized carbons (Fsp3) is 0.308. The van der Waals surface area contributed by atoms with Gasteiger partial charge in [-0.1, -0.05) is 12.1 Å². The molecule has 1 fully saturated rings. The number of benzene rings is 1. The molecule has 1 aromatic heterocycles. The summed E-state index contributed by atoms with van der Waals surface area (Å²) in [5.74, 6) is 0. The van der Waals surface area contributed by atoms with E-state index in [0.717, 1.165) is 18.5 Å². The van der Waals surface area contributed by atoms with Crippen LogP contribution in [-0.4, -0.2) is 9.78 Å². The van der Waals surface area contributed by atoms with Crippen molar-refractivity contribution in [2.24, 2.45) is 5.73 Å². The molecule has 3 nitrogen and oxygen atoms in total. The Balaban J connectivity index is 2.02. The van der Waals surface area contributed by atoms with Crippen LogP contribution in [-0.2, 0) is 5.54 Å². The maximum absolute atomic E-state index is 6.19. The lowest BCUT2D eigenvalue weighted by molar-refractivity contribution is 0.736. The Morgan fingerprint density at radius 2 is 2.19 bits per heavy atom. The second-order valence-electron chi connectivity index (χ2n) is 4.67. The zero-order valence-electron chi connectivity index (χ0n) is 9.35. The molecule has 0 spiro atoms. The van der Waals surface area contributed by atoms with Crippen LogP contribution in [0.5, 0.6) is 0 Å². The van der Waals surface area contributed by atoms with Gasteiger partial charge in [0.25, 0.3) is 0 Å². The Morgan fingerprint density at radius 1 is 1.38 bits per heavy atom. The summed E-state index contributed by atoms with van der Waals surface area (Å²) in [4.78, 5) is 0. The molecule has 0 bridgehead atoms. The number of rotatable bonds is 2. The first kappa shape index (κ1) is 9.60. The van der Waals surface area contributed by atoms with Crippen molar-refractivity contribution in [3.63, 3.8) is 0 Å². The maximum Gasteiger partial charge on any atom is 0.0649 e. The molecule has 1 saturated carbocycles. The van der Waals surface area contributed by atoms with E-state index < -0.39 is 0 Å². The Morgan fingerprint density at radius 3 is 2.81 bits per heavy atom. The third-order valence-corrected chi connectivity index (χ3v) is 3.19. The van der Waals surface area contributed by atoms with Gasteiger partial charge in [-0.3, -0.25) is 0 Å². The predicted molar refractivity (Wildman–Crippen MR) is 63.4 cm³/mol. The highest BCUT2D eigenvalue weighted by atomic mass is 15.3. The van der Waals surface area contributed by atoms with Gasteiger partial charge < -0.3 is 5.73 Å². The molecule has 2 aromatic rings. The van der Waals surface area contributed by atoms with E-state index in [0.29, 0.717) is 0 Å². The summed E-state index contributed by atoms with van der Waals surface area (Å²) >= 11 is 0. The lowest BCUT2D eigenvalue weighted by Crippen LogP contribution is -2.18. The summed E-state index contributed by atoms with van der Waals surface area (Å²) < 4.78 is 1.89. The van der Waals surface area contributed by atoms with Crippen LogP contribution in [0.15, 0.2) is 36.7 Å². The molecule has 82 valence electrons. The molecule has 3 rings (SSSR count). The van der Waals surface area contributed by atoms with E-state index in [1.807, 2.05) is 24.0 Å². The summed E-state index contributed by atoms with van der Waals surface area (Å²) in [6.07, 6.45) is 6.07. The van der Waals surface area contributed by atoms with Crippen molar-refractivity contribution in [3.05, 3.63) is 47.8 Å². The zero-order valence-corrected chi connectivity index (χ0v) is 9.35. The summed E-state index contributed by atoms with van der Waals surface area (Å²) in [5, 5.41) is 4.31. The van der Waals surface area contributed by atoms with Crippen LogP contribution < -0.4 is 5.73 Å². The van der Waals surface area contributed by atoms with E-state index in [1.54, 1.807) is 0 Å². The minimum absolute atomic E-state index is 0.0712. The van der Waals surface area contributed by atoms with Crippen molar-refractivity contribution in [1.29, 1.82) is 0 Å². The highest BCUT2D eigenvalue weighted by molar-refractivity contribution is 5.40. The minimum atomic E-state index is -0.0712. The normalized spacial score (nSPS) is 17.4. The van der Waals surface area contributed by atoms with Crippen molar-refractivity contribution in [3.8, 4) is 5.69 Å². The van der Waals surface area contributed by atoms with Gasteiger partial charge in [-0.2, -0.15) is 5.10 Å². The first-order valence-corrected chi connectivity index (χ1v) is 5.58. The minimum Gasteiger partial charge on any atom is -0.321 e. The van der Waals surface area contributed by atoms with Gasteiger partial charge >= 0.3 is 0 Å². The maximum atomic E-state index is 6.19. The molecule has 0 atom stereocenters. The van der Waals surface area contributed by atoms with E-state index >= 15 is 0 Å². The molecule has 1 aliphatic carbocycles. The summed E-state index contributed by atoms with van der Waals surface area (Å²) in [6.45, 7) is 2.04. The van der Waals surface area contributed by atoms with Gasteiger partial charge in [0.15, 0.2) is 0 Å². The number of nitrogens with zero attached hydrogens (tertiary/aromatic N) is 2. The highest BCUT2D eigenvalue weighted by Gasteiger charge is 2.39. The topological polar surface area (TPSA) is 43.8 Å². The van der Waals surface area contributed by atoms with E-state index in [9.17, 15) is 0 Å². The molecule has 3 heteroatoms. The first-order chi connectivity index (χ1) is 7.67. The van der Waals surface area contributed by atoms with E-state index in [-0.39, 0.29) is 5.54 Å². The van der Waals surface area contributed by atoms with Crippen molar-refractivity contribution in [2.45, 2.75) is 25.3 Å². The van der Waals surface area contributed by atoms with Gasteiger partial charge in [0.1, 0.15) is 0 Å². The molecule has 0 aliphatic heterocycles. The molecule has 0 amide bonds. The molecule has 1 heterocycles.